The molecular weight excluding hydrogens is 386 g/mol. The molecule has 6 nitrogen and oxygen atoms in total. The van der Waals surface area contributed by atoms with Crippen molar-refractivity contribution >= 4 is 21.6 Å². The summed E-state index contributed by atoms with van der Waals surface area (Å²) < 4.78 is 26.2. The van der Waals surface area contributed by atoms with Gasteiger partial charge in [-0.2, -0.15) is 0 Å². The highest BCUT2D eigenvalue weighted by Crippen LogP contribution is 2.24. The van der Waals surface area contributed by atoms with Crippen LogP contribution >= 0.6 is 0 Å². The summed E-state index contributed by atoms with van der Waals surface area (Å²) in [4.78, 5) is 15.1. The largest absolute Gasteiger partial charge is 0.372 e. The van der Waals surface area contributed by atoms with Crippen LogP contribution in [0, 0.1) is 5.92 Å². The third-order valence-corrected chi connectivity index (χ3v) is 6.98. The molecule has 1 fully saturated rings. The van der Waals surface area contributed by atoms with E-state index >= 15 is 0 Å². The summed E-state index contributed by atoms with van der Waals surface area (Å²) in [6, 6.07) is 14.1. The maximum Gasteiger partial charge on any atom is 0.251 e. The average Bonchev–Trinajstić information content (AvgIpc) is 2.74. The van der Waals surface area contributed by atoms with Crippen molar-refractivity contribution in [3.05, 3.63) is 59.7 Å². The molecule has 2 aromatic carbocycles. The number of rotatable bonds is 6. The highest BCUT2D eigenvalue weighted by molar-refractivity contribution is 7.89. The molecule has 0 spiro atoms. The van der Waals surface area contributed by atoms with Crippen molar-refractivity contribution in [2.24, 2.45) is 5.92 Å². The Bertz CT molecular complexity index is 950. The quantitative estimate of drug-likeness (QED) is 0.759. The van der Waals surface area contributed by atoms with E-state index in [9.17, 15) is 13.2 Å². The Hall–Kier alpha value is -2.38. The maximum absolute atomic E-state index is 12.6. The summed E-state index contributed by atoms with van der Waals surface area (Å²) in [5.74, 6) is 0.488. The van der Waals surface area contributed by atoms with Crippen molar-refractivity contribution in [1.29, 1.82) is 0 Å². The van der Waals surface area contributed by atoms with Gasteiger partial charge in [-0.1, -0.05) is 25.1 Å². The molecule has 1 atom stereocenters. The number of sulfonamides is 1. The van der Waals surface area contributed by atoms with E-state index < -0.39 is 10.0 Å². The molecule has 1 aliphatic rings. The number of carbonyl (C=O) groups is 1. The van der Waals surface area contributed by atoms with Crippen LogP contribution in [0.4, 0.5) is 5.69 Å². The van der Waals surface area contributed by atoms with Gasteiger partial charge in [-0.3, -0.25) is 4.79 Å². The van der Waals surface area contributed by atoms with E-state index in [2.05, 4.69) is 34.0 Å². The van der Waals surface area contributed by atoms with Gasteiger partial charge in [0.15, 0.2) is 0 Å². The van der Waals surface area contributed by atoms with Crippen molar-refractivity contribution in [3.63, 3.8) is 0 Å². The van der Waals surface area contributed by atoms with E-state index in [1.807, 2.05) is 19.1 Å². The number of carbonyl (C=O) groups excluding carboxylic acids is 1. The first-order chi connectivity index (χ1) is 13.8. The fourth-order valence-electron chi connectivity index (χ4n) is 3.53. The van der Waals surface area contributed by atoms with Crippen LogP contribution in [0.1, 0.15) is 48.7 Å². The van der Waals surface area contributed by atoms with Gasteiger partial charge >= 0.3 is 0 Å². The zero-order chi connectivity index (χ0) is 21.0. The molecular formula is C22H29N3O3S. The molecule has 0 aliphatic carbocycles. The van der Waals surface area contributed by atoms with Gasteiger partial charge in [0, 0.05) is 24.3 Å². The second kappa shape index (κ2) is 8.97. The second-order valence-electron chi connectivity index (χ2n) is 7.69. The zero-order valence-corrected chi connectivity index (χ0v) is 18.0. The normalized spacial score (nSPS) is 16.4. The molecule has 2 aromatic rings. The Morgan fingerprint density at radius 1 is 1.10 bits per heavy atom. The summed E-state index contributed by atoms with van der Waals surface area (Å²) >= 11 is 0. The van der Waals surface area contributed by atoms with E-state index in [0.29, 0.717) is 5.56 Å². The molecule has 1 aliphatic heterocycles. The van der Waals surface area contributed by atoms with Gasteiger partial charge in [0.2, 0.25) is 10.0 Å². The third kappa shape index (κ3) is 5.16. The van der Waals surface area contributed by atoms with Gasteiger partial charge in [-0.25, -0.2) is 13.1 Å². The maximum atomic E-state index is 12.6. The van der Waals surface area contributed by atoms with E-state index in [1.54, 1.807) is 12.1 Å². The lowest BCUT2D eigenvalue weighted by molar-refractivity contribution is 0.0939. The predicted molar refractivity (Wildman–Crippen MR) is 116 cm³/mol. The Labute approximate surface area is 173 Å². The first kappa shape index (κ1) is 21.3. The predicted octanol–water partition coefficient (Wildman–Crippen LogP) is 3.32. The summed E-state index contributed by atoms with van der Waals surface area (Å²) in [5, 5.41) is 2.95. The molecule has 7 heteroatoms. The number of nitrogens with zero attached hydrogens (tertiary/aromatic N) is 1. The molecule has 0 bridgehead atoms. The van der Waals surface area contributed by atoms with Crippen molar-refractivity contribution in [3.8, 4) is 0 Å². The van der Waals surface area contributed by atoms with Crippen molar-refractivity contribution < 1.29 is 13.2 Å². The molecule has 156 valence electrons. The fraction of sp³-hybridized carbons (Fsp3) is 0.409. The average molecular weight is 416 g/mol. The monoisotopic (exact) mass is 415 g/mol. The van der Waals surface area contributed by atoms with Crippen molar-refractivity contribution in [1.82, 2.24) is 10.0 Å². The lowest BCUT2D eigenvalue weighted by Gasteiger charge is -2.32. The van der Waals surface area contributed by atoms with Crippen molar-refractivity contribution in [2.45, 2.75) is 37.6 Å². The van der Waals surface area contributed by atoms with E-state index in [1.165, 1.54) is 37.7 Å². The molecule has 0 saturated carbocycles. The Morgan fingerprint density at radius 2 is 1.76 bits per heavy atom. The number of anilines is 1. The molecule has 1 amide bonds. The van der Waals surface area contributed by atoms with Gasteiger partial charge in [0.1, 0.15) is 0 Å². The molecule has 3 rings (SSSR count). The number of benzene rings is 2. The van der Waals surface area contributed by atoms with Crippen LogP contribution in [-0.4, -0.2) is 34.5 Å². The summed E-state index contributed by atoms with van der Waals surface area (Å²) in [6.07, 6.45) is 2.44. The fourth-order valence-corrected chi connectivity index (χ4v) is 4.30. The Kier molecular flexibility index (Phi) is 6.59. The number of hydrogen-bond donors (Lipinski definition) is 2. The molecule has 0 aromatic heterocycles. The minimum Gasteiger partial charge on any atom is -0.372 e. The van der Waals surface area contributed by atoms with Crippen LogP contribution in [0.3, 0.4) is 0 Å². The highest BCUT2D eigenvalue weighted by Gasteiger charge is 2.18. The minimum absolute atomic E-state index is 0.0699. The lowest BCUT2D eigenvalue weighted by atomic mass is 9.98. The molecule has 0 radical (unpaired) electrons. The van der Waals surface area contributed by atoms with Crippen LogP contribution in [-0.2, 0) is 10.0 Å². The molecule has 0 unspecified atom stereocenters. The number of amides is 1. The molecule has 29 heavy (non-hydrogen) atoms. The number of hydrogen-bond acceptors (Lipinski definition) is 4. The van der Waals surface area contributed by atoms with Crippen molar-refractivity contribution in [2.75, 3.05) is 25.0 Å². The van der Waals surface area contributed by atoms with Gasteiger partial charge in [0.05, 0.1) is 10.9 Å². The Balaban J connectivity index is 1.66. The van der Waals surface area contributed by atoms with Gasteiger partial charge < -0.3 is 10.2 Å². The van der Waals surface area contributed by atoms with E-state index in [0.717, 1.165) is 24.6 Å². The Morgan fingerprint density at radius 3 is 2.38 bits per heavy atom. The SMILES string of the molecule is CNS(=O)(=O)c1cccc(C(=O)N[C@H](C)c2ccc(N3CCC(C)CC3)cc2)c1. The smallest absolute Gasteiger partial charge is 0.251 e. The lowest BCUT2D eigenvalue weighted by Crippen LogP contribution is -2.32. The summed E-state index contributed by atoms with van der Waals surface area (Å²) in [5.41, 5.74) is 2.53. The second-order valence-corrected chi connectivity index (χ2v) is 9.58. The van der Waals surface area contributed by atoms with Gasteiger partial charge in [-0.15, -0.1) is 0 Å². The first-order valence-electron chi connectivity index (χ1n) is 9.99. The summed E-state index contributed by atoms with van der Waals surface area (Å²) in [7, 11) is -2.24. The van der Waals surface area contributed by atoms with Crippen LogP contribution in [0.5, 0.6) is 0 Å². The first-order valence-corrected chi connectivity index (χ1v) is 11.5. The zero-order valence-electron chi connectivity index (χ0n) is 17.2. The number of piperidine rings is 1. The highest BCUT2D eigenvalue weighted by atomic mass is 32.2. The minimum atomic E-state index is -3.59. The topological polar surface area (TPSA) is 78.5 Å². The van der Waals surface area contributed by atoms with Gasteiger partial charge in [0.25, 0.3) is 5.91 Å². The van der Waals surface area contributed by atoms with Crippen LogP contribution in [0.2, 0.25) is 0 Å². The summed E-state index contributed by atoms with van der Waals surface area (Å²) in [6.45, 7) is 6.38. The van der Waals surface area contributed by atoms with Crippen LogP contribution in [0.25, 0.3) is 0 Å². The van der Waals surface area contributed by atoms with Crippen LogP contribution < -0.4 is 14.9 Å². The third-order valence-electron chi connectivity index (χ3n) is 5.56. The van der Waals surface area contributed by atoms with Gasteiger partial charge in [-0.05, 0) is 68.6 Å². The number of nitrogens with one attached hydrogen (secondary N) is 2. The van der Waals surface area contributed by atoms with E-state index in [4.69, 9.17) is 0 Å². The molecule has 1 heterocycles. The van der Waals surface area contributed by atoms with E-state index in [-0.39, 0.29) is 16.8 Å². The molecule has 1 saturated heterocycles. The van der Waals surface area contributed by atoms with Crippen LogP contribution in [0.15, 0.2) is 53.4 Å². The molecule has 2 N–H and O–H groups in total. The standard InChI is InChI=1S/C22H29N3O3S/c1-16-11-13-25(14-12-16)20-9-7-18(8-10-20)17(2)24-22(26)19-5-4-6-21(15-19)29(27,28)23-3/h4-10,15-17,23H,11-14H2,1-3H3,(H,24,26)/t17-/m1/s1.